The first-order valence-corrected chi connectivity index (χ1v) is 6.66. The van der Waals surface area contributed by atoms with E-state index in [0.29, 0.717) is 12.2 Å². The van der Waals surface area contributed by atoms with Gasteiger partial charge < -0.3 is 15.0 Å². The van der Waals surface area contributed by atoms with E-state index in [0.717, 1.165) is 25.1 Å². The molecule has 1 atom stereocenters. The number of esters is 1. The van der Waals surface area contributed by atoms with Gasteiger partial charge in [-0.3, -0.25) is 14.6 Å². The smallest absolute Gasteiger partial charge is 0.310 e. The molecule has 0 aromatic carbocycles. The molecule has 1 aromatic heterocycles. The minimum Gasteiger partial charge on any atom is -0.469 e. The van der Waals surface area contributed by atoms with Crippen LogP contribution in [0.2, 0.25) is 0 Å². The summed E-state index contributed by atoms with van der Waals surface area (Å²) in [4.78, 5) is 29.4. The van der Waals surface area contributed by atoms with Gasteiger partial charge in [0.1, 0.15) is 5.69 Å². The summed E-state index contributed by atoms with van der Waals surface area (Å²) in [5.74, 6) is -0.492. The number of amides is 1. The van der Waals surface area contributed by atoms with Crippen molar-refractivity contribution >= 4 is 17.6 Å². The molecule has 0 spiro atoms. The van der Waals surface area contributed by atoms with Gasteiger partial charge in [-0.15, -0.1) is 0 Å². The summed E-state index contributed by atoms with van der Waals surface area (Å²) >= 11 is 0. The van der Waals surface area contributed by atoms with Crippen LogP contribution in [-0.4, -0.2) is 44.1 Å². The number of ether oxygens (including phenoxy) is 1. The summed E-state index contributed by atoms with van der Waals surface area (Å²) in [5, 5.41) is 2.55. The molecule has 1 amide bonds. The number of methoxy groups -OCH3 is 1. The second kappa shape index (κ2) is 6.36. The first kappa shape index (κ1) is 14.3. The Hall–Kier alpha value is -2.11. The highest BCUT2D eigenvalue weighted by Crippen LogP contribution is 2.24. The van der Waals surface area contributed by atoms with Gasteiger partial charge in [-0.1, -0.05) is 0 Å². The third kappa shape index (κ3) is 3.07. The first-order valence-electron chi connectivity index (χ1n) is 6.66. The molecule has 6 heteroatoms. The number of nitrogens with zero attached hydrogens (tertiary/aromatic N) is 2. The van der Waals surface area contributed by atoms with Crippen molar-refractivity contribution in [2.45, 2.75) is 12.8 Å². The van der Waals surface area contributed by atoms with Gasteiger partial charge in [0.25, 0.3) is 5.91 Å². The summed E-state index contributed by atoms with van der Waals surface area (Å²) in [5.41, 5.74) is 1.29. The Morgan fingerprint density at radius 1 is 1.50 bits per heavy atom. The molecule has 2 heterocycles. The largest absolute Gasteiger partial charge is 0.469 e. The predicted molar refractivity (Wildman–Crippen MR) is 74.6 cm³/mol. The molecule has 0 aliphatic carbocycles. The van der Waals surface area contributed by atoms with Crippen molar-refractivity contribution in [1.82, 2.24) is 10.3 Å². The molecule has 1 fully saturated rings. The van der Waals surface area contributed by atoms with E-state index in [9.17, 15) is 9.59 Å². The molecule has 2 rings (SSSR count). The maximum Gasteiger partial charge on any atom is 0.310 e. The molecular formula is C14H19N3O3. The summed E-state index contributed by atoms with van der Waals surface area (Å²) in [7, 11) is 2.99. The summed E-state index contributed by atoms with van der Waals surface area (Å²) in [6, 6.07) is 3.60. The van der Waals surface area contributed by atoms with Crippen LogP contribution in [0.5, 0.6) is 0 Å². The van der Waals surface area contributed by atoms with Crippen LogP contribution in [0.1, 0.15) is 23.3 Å². The molecule has 0 saturated carbocycles. The van der Waals surface area contributed by atoms with E-state index in [1.807, 2.05) is 6.07 Å². The SMILES string of the molecule is CNC(=O)c1cc(N2CCCC(C(=O)OC)C2)ccn1. The van der Waals surface area contributed by atoms with Gasteiger partial charge in [-0.25, -0.2) is 0 Å². The van der Waals surface area contributed by atoms with Crippen molar-refractivity contribution < 1.29 is 14.3 Å². The van der Waals surface area contributed by atoms with Gasteiger partial charge in [0, 0.05) is 32.0 Å². The lowest BCUT2D eigenvalue weighted by molar-refractivity contribution is -0.145. The Labute approximate surface area is 118 Å². The predicted octanol–water partition coefficient (Wildman–Crippen LogP) is 0.831. The summed E-state index contributed by atoms with van der Waals surface area (Å²) < 4.78 is 4.81. The molecule has 0 bridgehead atoms. The van der Waals surface area contributed by atoms with Gasteiger partial charge in [0.2, 0.25) is 0 Å². The molecule has 108 valence electrons. The Bertz CT molecular complexity index is 504. The Morgan fingerprint density at radius 3 is 3.00 bits per heavy atom. The average molecular weight is 277 g/mol. The van der Waals surface area contributed by atoms with Crippen molar-refractivity contribution in [2.75, 3.05) is 32.1 Å². The van der Waals surface area contributed by atoms with Crippen LogP contribution in [0.25, 0.3) is 0 Å². The Morgan fingerprint density at radius 2 is 2.30 bits per heavy atom. The van der Waals surface area contributed by atoms with E-state index in [1.54, 1.807) is 19.3 Å². The van der Waals surface area contributed by atoms with Gasteiger partial charge in [0.05, 0.1) is 13.0 Å². The molecule has 1 saturated heterocycles. The van der Waals surface area contributed by atoms with Crippen molar-refractivity contribution in [3.05, 3.63) is 24.0 Å². The maximum atomic E-state index is 11.6. The molecule has 6 nitrogen and oxygen atoms in total. The standard InChI is InChI=1S/C14H19N3O3/c1-15-13(18)12-8-11(5-6-16-12)17-7-3-4-10(9-17)14(19)20-2/h5-6,8,10H,3-4,7,9H2,1-2H3,(H,15,18). The van der Waals surface area contributed by atoms with Crippen LogP contribution in [0.3, 0.4) is 0 Å². The molecule has 1 N–H and O–H groups in total. The van der Waals surface area contributed by atoms with Crippen LogP contribution >= 0.6 is 0 Å². The maximum absolute atomic E-state index is 11.6. The monoisotopic (exact) mass is 277 g/mol. The second-order valence-corrected chi connectivity index (χ2v) is 4.79. The fourth-order valence-electron chi connectivity index (χ4n) is 2.44. The highest BCUT2D eigenvalue weighted by Gasteiger charge is 2.26. The third-order valence-corrected chi connectivity index (χ3v) is 3.52. The number of hydrogen-bond acceptors (Lipinski definition) is 5. The van der Waals surface area contributed by atoms with E-state index in [4.69, 9.17) is 4.74 Å². The summed E-state index contributed by atoms with van der Waals surface area (Å²) in [6.45, 7) is 1.48. The third-order valence-electron chi connectivity index (χ3n) is 3.52. The molecule has 1 aliphatic rings. The average Bonchev–Trinajstić information content (AvgIpc) is 2.53. The van der Waals surface area contributed by atoms with Gasteiger partial charge in [0.15, 0.2) is 0 Å². The number of pyridine rings is 1. The highest BCUT2D eigenvalue weighted by molar-refractivity contribution is 5.92. The molecular weight excluding hydrogens is 258 g/mol. The van der Waals surface area contributed by atoms with Crippen LogP contribution in [-0.2, 0) is 9.53 Å². The Balaban J connectivity index is 2.14. The fraction of sp³-hybridized carbons (Fsp3) is 0.500. The zero-order chi connectivity index (χ0) is 14.5. The number of piperidine rings is 1. The number of rotatable bonds is 3. The zero-order valence-corrected chi connectivity index (χ0v) is 11.8. The van der Waals surface area contributed by atoms with Crippen molar-refractivity contribution in [1.29, 1.82) is 0 Å². The van der Waals surface area contributed by atoms with Gasteiger partial charge in [-0.05, 0) is 25.0 Å². The number of hydrogen-bond donors (Lipinski definition) is 1. The Kier molecular flexibility index (Phi) is 4.55. The zero-order valence-electron chi connectivity index (χ0n) is 11.8. The number of anilines is 1. The van der Waals surface area contributed by atoms with E-state index in [2.05, 4.69) is 15.2 Å². The molecule has 20 heavy (non-hydrogen) atoms. The lowest BCUT2D eigenvalue weighted by Crippen LogP contribution is -2.39. The quantitative estimate of drug-likeness (QED) is 0.829. The summed E-state index contributed by atoms with van der Waals surface area (Å²) in [6.07, 6.45) is 3.38. The van der Waals surface area contributed by atoms with E-state index < -0.39 is 0 Å². The normalized spacial score (nSPS) is 18.5. The van der Waals surface area contributed by atoms with E-state index in [-0.39, 0.29) is 17.8 Å². The number of aromatic nitrogens is 1. The fourth-order valence-corrected chi connectivity index (χ4v) is 2.44. The lowest BCUT2D eigenvalue weighted by atomic mass is 9.98. The van der Waals surface area contributed by atoms with Gasteiger partial charge in [-0.2, -0.15) is 0 Å². The van der Waals surface area contributed by atoms with Crippen LogP contribution in [0.15, 0.2) is 18.3 Å². The molecule has 1 aromatic rings. The molecule has 0 radical (unpaired) electrons. The van der Waals surface area contributed by atoms with Crippen LogP contribution in [0, 0.1) is 5.92 Å². The van der Waals surface area contributed by atoms with Crippen LogP contribution < -0.4 is 10.2 Å². The van der Waals surface area contributed by atoms with Crippen LogP contribution in [0.4, 0.5) is 5.69 Å². The molecule has 1 unspecified atom stereocenters. The minimum absolute atomic E-state index is 0.106. The van der Waals surface area contributed by atoms with Gasteiger partial charge >= 0.3 is 5.97 Å². The lowest BCUT2D eigenvalue weighted by Gasteiger charge is -2.33. The van der Waals surface area contributed by atoms with Crippen molar-refractivity contribution in [3.8, 4) is 0 Å². The van der Waals surface area contributed by atoms with Crippen molar-refractivity contribution in [2.24, 2.45) is 5.92 Å². The van der Waals surface area contributed by atoms with E-state index in [1.165, 1.54) is 7.11 Å². The topological polar surface area (TPSA) is 71.5 Å². The van der Waals surface area contributed by atoms with E-state index >= 15 is 0 Å². The second-order valence-electron chi connectivity index (χ2n) is 4.79. The minimum atomic E-state index is -0.214. The number of carbonyl (C=O) groups excluding carboxylic acids is 2. The number of carbonyl (C=O) groups is 2. The first-order chi connectivity index (χ1) is 9.65. The molecule has 1 aliphatic heterocycles. The van der Waals surface area contributed by atoms with Crippen molar-refractivity contribution in [3.63, 3.8) is 0 Å². The highest BCUT2D eigenvalue weighted by atomic mass is 16.5. The number of nitrogens with one attached hydrogen (secondary N) is 1.